The number of nitrogens with zero attached hydrogens (tertiary/aromatic N) is 1. The van der Waals surface area contributed by atoms with Crippen molar-refractivity contribution in [1.82, 2.24) is 10.3 Å². The minimum absolute atomic E-state index is 0.0185. The van der Waals surface area contributed by atoms with Crippen LogP contribution >= 0.6 is 0 Å². The molecule has 1 amide bonds. The molecule has 4 heteroatoms. The Morgan fingerprint density at radius 2 is 2.35 bits per heavy atom. The Hall–Kier alpha value is -1.58. The number of rotatable bonds is 5. The van der Waals surface area contributed by atoms with Gasteiger partial charge in [-0.15, -0.1) is 0 Å². The molecule has 2 atom stereocenters. The van der Waals surface area contributed by atoms with E-state index >= 15 is 0 Å². The fraction of sp³-hybridized carbons (Fsp3) is 0.538. The van der Waals surface area contributed by atoms with Crippen molar-refractivity contribution in [3.8, 4) is 0 Å². The third-order valence-electron chi connectivity index (χ3n) is 3.16. The van der Waals surface area contributed by atoms with E-state index in [1.54, 1.807) is 12.3 Å². The van der Waals surface area contributed by atoms with Gasteiger partial charge in [-0.2, -0.15) is 0 Å². The number of hydrogen-bond donors (Lipinski definition) is 2. The van der Waals surface area contributed by atoms with E-state index in [9.17, 15) is 4.79 Å². The van der Waals surface area contributed by atoms with Gasteiger partial charge in [-0.3, -0.25) is 4.79 Å². The van der Waals surface area contributed by atoms with Crippen molar-refractivity contribution in [2.45, 2.75) is 32.7 Å². The van der Waals surface area contributed by atoms with Crippen molar-refractivity contribution < 1.29 is 4.79 Å². The average Bonchev–Trinajstić information content (AvgIpc) is 3.08. The zero-order chi connectivity index (χ0) is 12.3. The molecule has 1 aliphatic carbocycles. The summed E-state index contributed by atoms with van der Waals surface area (Å²) in [7, 11) is 0. The second-order valence-electron chi connectivity index (χ2n) is 4.41. The molecule has 1 saturated carbocycles. The molecule has 2 rings (SSSR count). The van der Waals surface area contributed by atoms with Crippen molar-refractivity contribution in [2.24, 2.45) is 5.92 Å². The van der Waals surface area contributed by atoms with Gasteiger partial charge in [-0.25, -0.2) is 4.98 Å². The molecule has 1 heterocycles. The predicted octanol–water partition coefficient (Wildman–Crippen LogP) is 2.04. The standard InChI is InChI=1S/C13H19N3O/c1-3-9-8-11(9)16-13(17)10-6-5-7-15-12(10)14-4-2/h5-7,9,11H,3-4,8H2,1-2H3,(H,14,15)(H,16,17). The molecule has 1 aliphatic rings. The third-order valence-corrected chi connectivity index (χ3v) is 3.16. The van der Waals surface area contributed by atoms with Crippen molar-refractivity contribution >= 4 is 11.7 Å². The smallest absolute Gasteiger partial charge is 0.255 e. The zero-order valence-corrected chi connectivity index (χ0v) is 10.4. The Kier molecular flexibility index (Phi) is 3.61. The van der Waals surface area contributed by atoms with E-state index in [0.717, 1.165) is 19.4 Å². The number of hydrogen-bond acceptors (Lipinski definition) is 3. The van der Waals surface area contributed by atoms with Gasteiger partial charge >= 0.3 is 0 Å². The number of pyridine rings is 1. The summed E-state index contributed by atoms with van der Waals surface area (Å²) in [4.78, 5) is 16.2. The summed E-state index contributed by atoms with van der Waals surface area (Å²) < 4.78 is 0. The number of carbonyl (C=O) groups is 1. The van der Waals surface area contributed by atoms with Gasteiger partial charge < -0.3 is 10.6 Å². The Morgan fingerprint density at radius 3 is 3.00 bits per heavy atom. The van der Waals surface area contributed by atoms with E-state index in [2.05, 4.69) is 22.5 Å². The Balaban J connectivity index is 2.03. The Morgan fingerprint density at radius 1 is 1.53 bits per heavy atom. The fourth-order valence-electron chi connectivity index (χ4n) is 2.02. The maximum Gasteiger partial charge on any atom is 0.255 e. The molecule has 1 aromatic heterocycles. The highest BCUT2D eigenvalue weighted by Gasteiger charge is 2.36. The number of amides is 1. The molecule has 4 nitrogen and oxygen atoms in total. The van der Waals surface area contributed by atoms with Crippen LogP contribution in [0, 0.1) is 5.92 Å². The fourth-order valence-corrected chi connectivity index (χ4v) is 2.02. The quantitative estimate of drug-likeness (QED) is 0.818. The van der Waals surface area contributed by atoms with Crippen LogP contribution in [0.1, 0.15) is 37.0 Å². The zero-order valence-electron chi connectivity index (χ0n) is 10.4. The third kappa shape index (κ3) is 2.75. The highest BCUT2D eigenvalue weighted by Crippen LogP contribution is 2.33. The molecule has 0 saturated heterocycles. The lowest BCUT2D eigenvalue weighted by Gasteiger charge is -2.09. The van der Waals surface area contributed by atoms with Crippen LogP contribution in [0.4, 0.5) is 5.82 Å². The monoisotopic (exact) mass is 233 g/mol. The summed E-state index contributed by atoms with van der Waals surface area (Å²) in [6, 6.07) is 3.96. The number of anilines is 1. The van der Waals surface area contributed by atoms with Gasteiger partial charge in [-0.1, -0.05) is 13.3 Å². The molecule has 92 valence electrons. The summed E-state index contributed by atoms with van der Waals surface area (Å²) in [6.45, 7) is 4.91. The van der Waals surface area contributed by atoms with Crippen LogP contribution < -0.4 is 10.6 Å². The van der Waals surface area contributed by atoms with Crippen molar-refractivity contribution in [3.63, 3.8) is 0 Å². The first-order valence-electron chi connectivity index (χ1n) is 6.26. The molecule has 0 spiro atoms. The summed E-state index contributed by atoms with van der Waals surface area (Å²) in [5.41, 5.74) is 0.635. The van der Waals surface area contributed by atoms with Crippen LogP contribution in [0.25, 0.3) is 0 Å². The molecule has 2 N–H and O–H groups in total. The van der Waals surface area contributed by atoms with Crippen molar-refractivity contribution in [2.75, 3.05) is 11.9 Å². The number of carbonyl (C=O) groups excluding carboxylic acids is 1. The van der Waals surface area contributed by atoms with Gasteiger partial charge in [-0.05, 0) is 31.4 Å². The summed E-state index contributed by atoms with van der Waals surface area (Å²) >= 11 is 0. The van der Waals surface area contributed by atoms with Crippen molar-refractivity contribution in [1.29, 1.82) is 0 Å². The topological polar surface area (TPSA) is 54.0 Å². The largest absolute Gasteiger partial charge is 0.370 e. The first-order chi connectivity index (χ1) is 8.26. The highest BCUT2D eigenvalue weighted by atomic mass is 16.1. The van der Waals surface area contributed by atoms with E-state index in [1.807, 2.05) is 13.0 Å². The van der Waals surface area contributed by atoms with Crippen molar-refractivity contribution in [3.05, 3.63) is 23.9 Å². The van der Waals surface area contributed by atoms with Crippen LogP contribution in [0.15, 0.2) is 18.3 Å². The molecule has 0 aliphatic heterocycles. The minimum Gasteiger partial charge on any atom is -0.370 e. The van der Waals surface area contributed by atoms with E-state index in [0.29, 0.717) is 23.3 Å². The van der Waals surface area contributed by atoms with Crippen LogP contribution in [0.3, 0.4) is 0 Å². The summed E-state index contributed by atoms with van der Waals surface area (Å²) in [5, 5.41) is 6.15. The van der Waals surface area contributed by atoms with Gasteiger partial charge in [0.05, 0.1) is 5.56 Å². The van der Waals surface area contributed by atoms with Crippen LogP contribution in [-0.4, -0.2) is 23.5 Å². The molecule has 2 unspecified atom stereocenters. The SMILES string of the molecule is CCNc1ncccc1C(=O)NC1CC1CC. The lowest BCUT2D eigenvalue weighted by atomic mass is 10.2. The first kappa shape index (κ1) is 11.9. The van der Waals surface area contributed by atoms with Crippen LogP contribution in [0.5, 0.6) is 0 Å². The maximum absolute atomic E-state index is 12.1. The molecule has 1 aromatic rings. The second-order valence-corrected chi connectivity index (χ2v) is 4.41. The van der Waals surface area contributed by atoms with E-state index < -0.39 is 0 Å². The van der Waals surface area contributed by atoms with E-state index in [-0.39, 0.29) is 5.91 Å². The molecule has 0 bridgehead atoms. The van der Waals surface area contributed by atoms with E-state index in [4.69, 9.17) is 0 Å². The lowest BCUT2D eigenvalue weighted by molar-refractivity contribution is 0.0949. The van der Waals surface area contributed by atoms with Crippen LogP contribution in [0.2, 0.25) is 0 Å². The van der Waals surface area contributed by atoms with Gasteiger partial charge in [0, 0.05) is 18.8 Å². The van der Waals surface area contributed by atoms with Crippen LogP contribution in [-0.2, 0) is 0 Å². The van der Waals surface area contributed by atoms with E-state index in [1.165, 1.54) is 0 Å². The molecule has 0 aromatic carbocycles. The van der Waals surface area contributed by atoms with Gasteiger partial charge in [0.1, 0.15) is 5.82 Å². The Bertz CT molecular complexity index is 405. The summed E-state index contributed by atoms with van der Waals surface area (Å²) in [6.07, 6.45) is 3.94. The summed E-state index contributed by atoms with van der Waals surface area (Å²) in [5.74, 6) is 1.31. The molecule has 17 heavy (non-hydrogen) atoms. The van der Waals surface area contributed by atoms with Gasteiger partial charge in [0.15, 0.2) is 0 Å². The second kappa shape index (κ2) is 5.17. The molecule has 1 fully saturated rings. The minimum atomic E-state index is -0.0185. The molecular formula is C13H19N3O. The maximum atomic E-state index is 12.1. The average molecular weight is 233 g/mol. The van der Waals surface area contributed by atoms with Gasteiger partial charge in [0.2, 0.25) is 0 Å². The van der Waals surface area contributed by atoms with Gasteiger partial charge in [0.25, 0.3) is 5.91 Å². The Labute approximate surface area is 102 Å². The number of nitrogens with one attached hydrogen (secondary N) is 2. The number of aromatic nitrogens is 1. The predicted molar refractivity (Wildman–Crippen MR) is 68.1 cm³/mol. The highest BCUT2D eigenvalue weighted by molar-refractivity contribution is 5.99. The molecule has 0 radical (unpaired) electrons. The molecular weight excluding hydrogens is 214 g/mol. The lowest BCUT2D eigenvalue weighted by Crippen LogP contribution is -2.27. The first-order valence-corrected chi connectivity index (χ1v) is 6.26. The normalized spacial score (nSPS) is 22.0.